The van der Waals surface area contributed by atoms with E-state index in [9.17, 15) is 0 Å². The molecule has 4 nitrogen and oxygen atoms in total. The van der Waals surface area contributed by atoms with Crippen molar-refractivity contribution in [3.8, 4) is 5.75 Å². The van der Waals surface area contributed by atoms with E-state index < -0.39 is 0 Å². The number of benzene rings is 1. The molecule has 17 heavy (non-hydrogen) atoms. The van der Waals surface area contributed by atoms with Crippen LogP contribution in [-0.4, -0.2) is 11.4 Å². The molecular formula is C12H14N2O2S. The van der Waals surface area contributed by atoms with Crippen molar-refractivity contribution < 1.29 is 9.26 Å². The molecule has 0 saturated heterocycles. The van der Waals surface area contributed by atoms with Gasteiger partial charge in [-0.1, -0.05) is 5.16 Å². The van der Waals surface area contributed by atoms with E-state index in [1.54, 1.807) is 17.8 Å². The maximum atomic E-state index is 5.57. The van der Waals surface area contributed by atoms with Crippen LogP contribution in [0.2, 0.25) is 0 Å². The topological polar surface area (TPSA) is 61.3 Å². The average Bonchev–Trinajstić information content (AvgIpc) is 2.85. The molecule has 1 heterocycles. The van der Waals surface area contributed by atoms with Crippen LogP contribution in [0, 0.1) is 0 Å². The fourth-order valence-corrected chi connectivity index (χ4v) is 1.75. The first-order valence-electron chi connectivity index (χ1n) is 5.23. The lowest BCUT2D eigenvalue weighted by atomic mass is 10.3. The number of thioether (sulfide) groups is 1. The number of nitrogens with two attached hydrogens (primary N) is 1. The zero-order valence-corrected chi connectivity index (χ0v) is 10.4. The lowest BCUT2D eigenvalue weighted by Gasteiger charge is -2.03. The maximum Gasteiger partial charge on any atom is 0.174 e. The highest BCUT2D eigenvalue weighted by atomic mass is 32.2. The number of hydrogen-bond acceptors (Lipinski definition) is 5. The first-order chi connectivity index (χ1) is 8.31. The summed E-state index contributed by atoms with van der Waals surface area (Å²) >= 11 is 1.70. The van der Waals surface area contributed by atoms with E-state index >= 15 is 0 Å². The van der Waals surface area contributed by atoms with E-state index in [0.717, 1.165) is 11.4 Å². The van der Waals surface area contributed by atoms with Crippen LogP contribution in [0.5, 0.6) is 5.75 Å². The van der Waals surface area contributed by atoms with Crippen LogP contribution >= 0.6 is 11.8 Å². The van der Waals surface area contributed by atoms with Gasteiger partial charge in [0.2, 0.25) is 0 Å². The van der Waals surface area contributed by atoms with Gasteiger partial charge in [0, 0.05) is 17.5 Å². The highest BCUT2D eigenvalue weighted by Gasteiger charge is 2.03. The molecule has 1 aromatic heterocycles. The Morgan fingerprint density at radius 3 is 2.71 bits per heavy atom. The van der Waals surface area contributed by atoms with E-state index in [1.165, 1.54) is 4.90 Å². The molecule has 2 N–H and O–H groups in total. The van der Waals surface area contributed by atoms with Gasteiger partial charge in [-0.25, -0.2) is 0 Å². The Kier molecular flexibility index (Phi) is 4.06. The molecule has 2 aromatic rings. The van der Waals surface area contributed by atoms with Crippen molar-refractivity contribution in [3.05, 3.63) is 41.8 Å². The van der Waals surface area contributed by atoms with Crippen molar-refractivity contribution >= 4 is 11.8 Å². The largest absolute Gasteiger partial charge is 0.486 e. The minimum absolute atomic E-state index is 0.367. The summed E-state index contributed by atoms with van der Waals surface area (Å²) in [6.45, 7) is 0.748. The van der Waals surface area contributed by atoms with Gasteiger partial charge >= 0.3 is 0 Å². The van der Waals surface area contributed by atoms with Gasteiger partial charge in [0.25, 0.3) is 0 Å². The Morgan fingerprint density at radius 1 is 1.35 bits per heavy atom. The molecule has 0 spiro atoms. The predicted octanol–water partition coefficient (Wildman–Crippen LogP) is 2.43. The molecule has 0 bridgehead atoms. The van der Waals surface area contributed by atoms with Gasteiger partial charge in [-0.05, 0) is 30.5 Å². The molecule has 0 radical (unpaired) electrons. The summed E-state index contributed by atoms with van der Waals surface area (Å²) in [5.74, 6) is 1.49. The Morgan fingerprint density at radius 2 is 2.12 bits per heavy atom. The zero-order valence-electron chi connectivity index (χ0n) is 9.55. The highest BCUT2D eigenvalue weighted by molar-refractivity contribution is 7.98. The van der Waals surface area contributed by atoms with E-state index in [0.29, 0.717) is 18.9 Å². The SMILES string of the molecule is CSc1ccc(OCc2cc(CN)no2)cc1. The Balaban J connectivity index is 1.92. The number of rotatable bonds is 5. The lowest BCUT2D eigenvalue weighted by Crippen LogP contribution is -1.96. The summed E-state index contributed by atoms with van der Waals surface area (Å²) in [5, 5.41) is 3.79. The van der Waals surface area contributed by atoms with Crippen LogP contribution in [0.3, 0.4) is 0 Å². The van der Waals surface area contributed by atoms with Gasteiger partial charge in [-0.3, -0.25) is 0 Å². The third kappa shape index (κ3) is 3.25. The van der Waals surface area contributed by atoms with Crippen molar-refractivity contribution in [1.82, 2.24) is 5.16 Å². The van der Waals surface area contributed by atoms with Crippen molar-refractivity contribution in [1.29, 1.82) is 0 Å². The smallest absolute Gasteiger partial charge is 0.174 e. The molecular weight excluding hydrogens is 236 g/mol. The molecule has 0 amide bonds. The van der Waals surface area contributed by atoms with Crippen molar-refractivity contribution in [2.24, 2.45) is 5.73 Å². The molecule has 0 unspecified atom stereocenters. The molecule has 2 rings (SSSR count). The van der Waals surface area contributed by atoms with Crippen molar-refractivity contribution in [3.63, 3.8) is 0 Å². The lowest BCUT2D eigenvalue weighted by molar-refractivity contribution is 0.248. The fraction of sp³-hybridized carbons (Fsp3) is 0.250. The fourth-order valence-electron chi connectivity index (χ4n) is 1.35. The monoisotopic (exact) mass is 250 g/mol. The van der Waals surface area contributed by atoms with E-state index in [-0.39, 0.29) is 0 Å². The van der Waals surface area contributed by atoms with Gasteiger partial charge in [0.1, 0.15) is 12.4 Å². The Hall–Kier alpha value is -1.46. The predicted molar refractivity (Wildman–Crippen MR) is 66.9 cm³/mol. The molecule has 0 aliphatic rings. The Bertz CT molecular complexity index is 468. The number of nitrogens with zero attached hydrogens (tertiary/aromatic N) is 1. The zero-order chi connectivity index (χ0) is 12.1. The van der Waals surface area contributed by atoms with Crippen LogP contribution < -0.4 is 10.5 Å². The Labute approximate surface area is 104 Å². The normalized spacial score (nSPS) is 10.5. The molecule has 1 aromatic carbocycles. The standard InChI is InChI=1S/C12H14N2O2S/c1-17-12-4-2-10(3-5-12)15-8-11-6-9(7-13)14-16-11/h2-6H,7-8,13H2,1H3. The summed E-state index contributed by atoms with van der Waals surface area (Å²) in [6, 6.07) is 9.71. The van der Waals surface area contributed by atoms with E-state index in [4.69, 9.17) is 15.0 Å². The maximum absolute atomic E-state index is 5.57. The summed E-state index contributed by atoms with van der Waals surface area (Å²) in [7, 11) is 0. The third-order valence-electron chi connectivity index (χ3n) is 2.26. The molecule has 0 aliphatic heterocycles. The van der Waals surface area contributed by atoms with E-state index in [2.05, 4.69) is 5.16 Å². The van der Waals surface area contributed by atoms with Crippen LogP contribution in [-0.2, 0) is 13.2 Å². The first-order valence-corrected chi connectivity index (χ1v) is 6.45. The number of ether oxygens (including phenoxy) is 1. The molecule has 0 fully saturated rings. The molecule has 0 aliphatic carbocycles. The van der Waals surface area contributed by atoms with Crippen LogP contribution in [0.1, 0.15) is 11.5 Å². The summed E-state index contributed by atoms with van der Waals surface area (Å²) in [6.07, 6.45) is 2.04. The highest BCUT2D eigenvalue weighted by Crippen LogP contribution is 2.19. The average molecular weight is 250 g/mol. The van der Waals surface area contributed by atoms with Gasteiger partial charge in [-0.15, -0.1) is 11.8 Å². The first kappa shape index (κ1) is 12.0. The minimum Gasteiger partial charge on any atom is -0.486 e. The van der Waals surface area contributed by atoms with Gasteiger partial charge in [-0.2, -0.15) is 0 Å². The third-order valence-corrected chi connectivity index (χ3v) is 3.00. The molecule has 0 atom stereocenters. The quantitative estimate of drug-likeness (QED) is 0.826. The summed E-state index contributed by atoms with van der Waals surface area (Å²) < 4.78 is 10.6. The second-order valence-corrected chi connectivity index (χ2v) is 4.33. The summed E-state index contributed by atoms with van der Waals surface area (Å²) in [5.41, 5.74) is 6.17. The molecule has 5 heteroatoms. The molecule has 0 saturated carbocycles. The second kappa shape index (κ2) is 5.75. The minimum atomic E-state index is 0.367. The molecule has 90 valence electrons. The number of hydrogen-bond donors (Lipinski definition) is 1. The van der Waals surface area contributed by atoms with Crippen molar-refractivity contribution in [2.45, 2.75) is 18.0 Å². The van der Waals surface area contributed by atoms with Gasteiger partial charge in [0.15, 0.2) is 5.76 Å². The summed E-state index contributed by atoms with van der Waals surface area (Å²) in [4.78, 5) is 1.21. The van der Waals surface area contributed by atoms with Crippen molar-refractivity contribution in [2.75, 3.05) is 6.26 Å². The van der Waals surface area contributed by atoms with Gasteiger partial charge < -0.3 is 15.0 Å². The van der Waals surface area contributed by atoms with Crippen LogP contribution in [0.15, 0.2) is 39.8 Å². The second-order valence-electron chi connectivity index (χ2n) is 3.45. The van der Waals surface area contributed by atoms with Crippen LogP contribution in [0.4, 0.5) is 0 Å². The van der Waals surface area contributed by atoms with Gasteiger partial charge in [0.05, 0.1) is 5.69 Å². The van der Waals surface area contributed by atoms with E-state index in [1.807, 2.05) is 30.5 Å². The number of aromatic nitrogens is 1. The van der Waals surface area contributed by atoms with Crippen LogP contribution in [0.25, 0.3) is 0 Å².